The molecule has 0 aliphatic carbocycles. The van der Waals surface area contributed by atoms with Gasteiger partial charge < -0.3 is 15.5 Å². The zero-order valence-electron chi connectivity index (χ0n) is 15.5. The van der Waals surface area contributed by atoms with E-state index in [9.17, 15) is 4.79 Å². The molecule has 1 aliphatic heterocycles. The van der Waals surface area contributed by atoms with Gasteiger partial charge >= 0.3 is 0 Å². The number of carbonyl (C=O) groups excluding carboxylic acids is 1. The maximum atomic E-state index is 11.6. The predicted octanol–water partition coefficient (Wildman–Crippen LogP) is 2.77. The minimum atomic E-state index is 0.304. The summed E-state index contributed by atoms with van der Waals surface area (Å²) >= 11 is 0. The normalized spacial score (nSPS) is 17.0. The third-order valence-corrected chi connectivity index (χ3v) is 4.17. The second-order valence-corrected chi connectivity index (χ2v) is 6.97. The third-order valence-electron chi connectivity index (χ3n) is 4.17. The zero-order valence-corrected chi connectivity index (χ0v) is 15.5. The van der Waals surface area contributed by atoms with E-state index < -0.39 is 0 Å². The Bertz CT molecular complexity index is 368. The van der Waals surface area contributed by atoms with E-state index in [1.807, 2.05) is 4.90 Å². The lowest BCUT2D eigenvalue weighted by atomic mass is 10.0. The van der Waals surface area contributed by atoms with E-state index in [0.29, 0.717) is 11.9 Å². The van der Waals surface area contributed by atoms with E-state index in [0.717, 1.165) is 57.3 Å². The smallest absolute Gasteiger partial charge is 0.222 e. The average Bonchev–Trinajstić information content (AvgIpc) is 2.88. The van der Waals surface area contributed by atoms with E-state index in [2.05, 4.69) is 43.3 Å². The fourth-order valence-corrected chi connectivity index (χ4v) is 2.85. The number of nitrogens with one attached hydrogen (secondary N) is 2. The number of carbonyl (C=O) groups is 1. The molecule has 0 aromatic heterocycles. The van der Waals surface area contributed by atoms with Gasteiger partial charge in [0.1, 0.15) is 0 Å². The van der Waals surface area contributed by atoms with Crippen LogP contribution in [0.3, 0.4) is 0 Å². The molecule has 1 atom stereocenters. The molecule has 1 aliphatic rings. The second-order valence-electron chi connectivity index (χ2n) is 6.97. The number of guanidine groups is 1. The molecule has 1 heterocycles. The van der Waals surface area contributed by atoms with Crippen molar-refractivity contribution in [3.63, 3.8) is 0 Å². The van der Waals surface area contributed by atoms with Crippen molar-refractivity contribution in [3.8, 4) is 0 Å². The maximum Gasteiger partial charge on any atom is 0.222 e. The quantitative estimate of drug-likeness (QED) is 0.369. The molecule has 1 fully saturated rings. The minimum Gasteiger partial charge on any atom is -0.357 e. The molecule has 5 heteroatoms. The van der Waals surface area contributed by atoms with Crippen LogP contribution in [0, 0.1) is 5.92 Å². The Balaban J connectivity index is 2.27. The Morgan fingerprint density at radius 3 is 2.65 bits per heavy atom. The predicted molar refractivity (Wildman–Crippen MR) is 97.7 cm³/mol. The SMILES string of the molecule is CCNC(=NCCCN1CCCC1=O)NC(C)CCCC(C)C. The van der Waals surface area contributed by atoms with Crippen LogP contribution in [0.25, 0.3) is 0 Å². The summed E-state index contributed by atoms with van der Waals surface area (Å²) in [4.78, 5) is 18.2. The molecule has 5 nitrogen and oxygen atoms in total. The average molecular weight is 325 g/mol. The summed E-state index contributed by atoms with van der Waals surface area (Å²) in [7, 11) is 0. The first kappa shape index (κ1) is 19.8. The van der Waals surface area contributed by atoms with E-state index in [1.54, 1.807) is 0 Å². The van der Waals surface area contributed by atoms with Gasteiger partial charge in [-0.05, 0) is 39.0 Å². The fourth-order valence-electron chi connectivity index (χ4n) is 2.85. The van der Waals surface area contributed by atoms with E-state index in [-0.39, 0.29) is 0 Å². The lowest BCUT2D eigenvalue weighted by Crippen LogP contribution is -2.42. The first-order chi connectivity index (χ1) is 11.0. The summed E-state index contributed by atoms with van der Waals surface area (Å²) in [5.41, 5.74) is 0. The van der Waals surface area contributed by atoms with Crippen molar-refractivity contribution in [1.29, 1.82) is 0 Å². The Morgan fingerprint density at radius 1 is 1.26 bits per heavy atom. The van der Waals surface area contributed by atoms with Gasteiger partial charge in [-0.2, -0.15) is 0 Å². The number of hydrogen-bond donors (Lipinski definition) is 2. The van der Waals surface area contributed by atoms with Gasteiger partial charge in [-0.3, -0.25) is 9.79 Å². The van der Waals surface area contributed by atoms with Crippen molar-refractivity contribution in [1.82, 2.24) is 15.5 Å². The van der Waals surface area contributed by atoms with Crippen molar-refractivity contribution >= 4 is 11.9 Å². The Labute approximate surface area is 142 Å². The molecule has 2 N–H and O–H groups in total. The van der Waals surface area contributed by atoms with Gasteiger partial charge in [0.05, 0.1) is 0 Å². The van der Waals surface area contributed by atoms with Gasteiger partial charge in [0.25, 0.3) is 0 Å². The summed E-state index contributed by atoms with van der Waals surface area (Å²) < 4.78 is 0. The molecule has 1 rings (SSSR count). The van der Waals surface area contributed by atoms with Gasteiger partial charge in [0.15, 0.2) is 5.96 Å². The fraction of sp³-hybridized carbons (Fsp3) is 0.889. The van der Waals surface area contributed by atoms with Crippen LogP contribution in [0.5, 0.6) is 0 Å². The molecule has 0 radical (unpaired) electrons. The number of aliphatic imine (C=N–C) groups is 1. The maximum absolute atomic E-state index is 11.6. The number of rotatable bonds is 10. The van der Waals surface area contributed by atoms with E-state index >= 15 is 0 Å². The molecule has 23 heavy (non-hydrogen) atoms. The van der Waals surface area contributed by atoms with Crippen molar-refractivity contribution in [2.75, 3.05) is 26.2 Å². The third kappa shape index (κ3) is 8.82. The summed E-state index contributed by atoms with van der Waals surface area (Å²) in [5, 5.41) is 6.80. The molecule has 1 amide bonds. The number of likely N-dealkylation sites (tertiary alicyclic amines) is 1. The van der Waals surface area contributed by atoms with Gasteiger partial charge in [0.2, 0.25) is 5.91 Å². The summed E-state index contributed by atoms with van der Waals surface area (Å²) in [6.07, 6.45) is 6.38. The van der Waals surface area contributed by atoms with Crippen molar-refractivity contribution in [2.45, 2.75) is 72.3 Å². The highest BCUT2D eigenvalue weighted by molar-refractivity contribution is 5.80. The van der Waals surface area contributed by atoms with Crippen LogP contribution in [0.2, 0.25) is 0 Å². The largest absolute Gasteiger partial charge is 0.357 e. The highest BCUT2D eigenvalue weighted by Gasteiger charge is 2.18. The molecule has 1 unspecified atom stereocenters. The topological polar surface area (TPSA) is 56.7 Å². The summed E-state index contributed by atoms with van der Waals surface area (Å²) in [6.45, 7) is 12.2. The van der Waals surface area contributed by atoms with E-state index in [4.69, 9.17) is 0 Å². The molecule has 0 bridgehead atoms. The lowest BCUT2D eigenvalue weighted by molar-refractivity contribution is -0.127. The number of hydrogen-bond acceptors (Lipinski definition) is 2. The van der Waals surface area contributed by atoms with Crippen LogP contribution in [-0.2, 0) is 4.79 Å². The summed E-state index contributed by atoms with van der Waals surface area (Å²) in [6, 6.07) is 0.437. The molecule has 0 saturated carbocycles. The van der Waals surface area contributed by atoms with Gasteiger partial charge in [-0.1, -0.05) is 26.7 Å². The Morgan fingerprint density at radius 2 is 2.04 bits per heavy atom. The first-order valence-corrected chi connectivity index (χ1v) is 9.35. The standard InChI is InChI=1S/C18H36N4O/c1-5-19-18(21-16(4)10-6-9-15(2)3)20-12-8-14-22-13-7-11-17(22)23/h15-16H,5-14H2,1-4H3,(H2,19,20,21). The van der Waals surface area contributed by atoms with Crippen LogP contribution < -0.4 is 10.6 Å². The van der Waals surface area contributed by atoms with Crippen molar-refractivity contribution < 1.29 is 4.79 Å². The van der Waals surface area contributed by atoms with Gasteiger partial charge in [-0.25, -0.2) is 0 Å². The molecule has 0 aromatic carbocycles. The zero-order chi connectivity index (χ0) is 17.1. The van der Waals surface area contributed by atoms with Crippen molar-refractivity contribution in [2.24, 2.45) is 10.9 Å². The molecular formula is C18H36N4O. The Kier molecular flexibility index (Phi) is 9.72. The lowest BCUT2D eigenvalue weighted by Gasteiger charge is -2.18. The second kappa shape index (κ2) is 11.3. The van der Waals surface area contributed by atoms with Crippen LogP contribution in [0.4, 0.5) is 0 Å². The number of nitrogens with zero attached hydrogens (tertiary/aromatic N) is 2. The first-order valence-electron chi connectivity index (χ1n) is 9.35. The molecule has 0 spiro atoms. The number of amides is 1. The Hall–Kier alpha value is -1.26. The van der Waals surface area contributed by atoms with Crippen LogP contribution in [0.15, 0.2) is 4.99 Å². The monoisotopic (exact) mass is 324 g/mol. The highest BCUT2D eigenvalue weighted by Crippen LogP contribution is 2.10. The highest BCUT2D eigenvalue weighted by atomic mass is 16.2. The van der Waals surface area contributed by atoms with Crippen LogP contribution in [0.1, 0.15) is 66.2 Å². The molecule has 1 saturated heterocycles. The van der Waals surface area contributed by atoms with Crippen molar-refractivity contribution in [3.05, 3.63) is 0 Å². The van der Waals surface area contributed by atoms with Gasteiger partial charge in [0, 0.05) is 38.6 Å². The van der Waals surface area contributed by atoms with E-state index in [1.165, 1.54) is 19.3 Å². The minimum absolute atomic E-state index is 0.304. The van der Waals surface area contributed by atoms with Gasteiger partial charge in [-0.15, -0.1) is 0 Å². The summed E-state index contributed by atoms with van der Waals surface area (Å²) in [5.74, 6) is 1.98. The molecule has 0 aromatic rings. The molecular weight excluding hydrogens is 288 g/mol. The van der Waals surface area contributed by atoms with Crippen LogP contribution in [-0.4, -0.2) is 49.0 Å². The van der Waals surface area contributed by atoms with Crippen LogP contribution >= 0.6 is 0 Å². The molecule has 134 valence electrons.